The second-order valence-corrected chi connectivity index (χ2v) is 6.23. The number of hydrogen-bond donors (Lipinski definition) is 0. The van der Waals surface area contributed by atoms with Crippen LogP contribution in [0.2, 0.25) is 5.02 Å². The van der Waals surface area contributed by atoms with E-state index in [0.717, 1.165) is 47.4 Å². The second-order valence-electron chi connectivity index (χ2n) is 4.85. The van der Waals surface area contributed by atoms with Crippen LogP contribution < -0.4 is 0 Å². The van der Waals surface area contributed by atoms with Gasteiger partial charge in [0.1, 0.15) is 0 Å². The molecule has 1 heterocycles. The van der Waals surface area contributed by atoms with Crippen LogP contribution in [0.5, 0.6) is 0 Å². The zero-order valence-corrected chi connectivity index (χ0v) is 12.1. The number of halogens is 1. The van der Waals surface area contributed by atoms with Crippen LogP contribution in [0.15, 0.2) is 29.3 Å². The van der Waals surface area contributed by atoms with E-state index in [2.05, 4.69) is 4.99 Å². The molecule has 100 valence electrons. The van der Waals surface area contributed by atoms with Crippen molar-refractivity contribution in [3.05, 3.63) is 34.9 Å². The van der Waals surface area contributed by atoms with E-state index in [1.807, 2.05) is 29.2 Å². The summed E-state index contributed by atoms with van der Waals surface area (Å²) in [4.78, 5) is 18.4. The van der Waals surface area contributed by atoms with E-state index in [1.165, 1.54) is 0 Å². The van der Waals surface area contributed by atoms with Crippen molar-refractivity contribution in [2.24, 2.45) is 10.9 Å². The fraction of sp³-hybridized carbons (Fsp3) is 0.429. The number of benzene rings is 1. The fourth-order valence-corrected chi connectivity index (χ4v) is 3.29. The maximum Gasteiger partial charge on any atom is 0.231 e. The van der Waals surface area contributed by atoms with Gasteiger partial charge in [-0.15, -0.1) is 0 Å². The molecule has 5 heteroatoms. The molecule has 0 N–H and O–H groups in total. The summed E-state index contributed by atoms with van der Waals surface area (Å²) >= 11 is 7.59. The summed E-state index contributed by atoms with van der Waals surface area (Å²) in [6.45, 7) is 1.48. The van der Waals surface area contributed by atoms with Crippen molar-refractivity contribution in [1.82, 2.24) is 4.90 Å². The molecule has 0 atom stereocenters. The van der Waals surface area contributed by atoms with Crippen molar-refractivity contribution in [3.63, 3.8) is 0 Å². The summed E-state index contributed by atoms with van der Waals surface area (Å²) < 4.78 is 0. The number of amides is 1. The molecule has 1 saturated carbocycles. The number of rotatable bonds is 3. The third-order valence-corrected chi connectivity index (χ3v) is 4.57. The van der Waals surface area contributed by atoms with Crippen LogP contribution in [0, 0.1) is 5.92 Å². The van der Waals surface area contributed by atoms with Crippen LogP contribution in [0.3, 0.4) is 0 Å². The Bertz CT molecular complexity index is 528. The molecule has 0 aromatic heterocycles. The highest BCUT2D eigenvalue weighted by molar-refractivity contribution is 8.13. The molecule has 0 bridgehead atoms. The molecule has 2 aliphatic rings. The van der Waals surface area contributed by atoms with Crippen LogP contribution in [-0.4, -0.2) is 29.1 Å². The van der Waals surface area contributed by atoms with E-state index in [1.54, 1.807) is 11.8 Å². The molecule has 0 unspecified atom stereocenters. The largest absolute Gasteiger partial charge is 0.289 e. The van der Waals surface area contributed by atoms with E-state index >= 15 is 0 Å². The highest BCUT2D eigenvalue weighted by Gasteiger charge is 2.36. The summed E-state index contributed by atoms with van der Waals surface area (Å²) in [6, 6.07) is 7.81. The van der Waals surface area contributed by atoms with Crippen molar-refractivity contribution >= 4 is 34.4 Å². The lowest BCUT2D eigenvalue weighted by molar-refractivity contribution is -0.128. The maximum atomic E-state index is 12.1. The van der Waals surface area contributed by atoms with Gasteiger partial charge in [-0.2, -0.15) is 0 Å². The van der Waals surface area contributed by atoms with E-state index in [4.69, 9.17) is 11.6 Å². The van der Waals surface area contributed by atoms with E-state index in [-0.39, 0.29) is 11.8 Å². The molecular formula is C14H15ClN2OS. The Labute approximate surface area is 122 Å². The number of nitrogens with zero attached hydrogens (tertiary/aromatic N) is 2. The number of thioether (sulfide) groups is 1. The summed E-state index contributed by atoms with van der Waals surface area (Å²) in [5.41, 5.74) is 1.16. The van der Waals surface area contributed by atoms with Gasteiger partial charge in [0, 0.05) is 23.2 Å². The van der Waals surface area contributed by atoms with Gasteiger partial charge in [0.05, 0.1) is 6.54 Å². The van der Waals surface area contributed by atoms with Gasteiger partial charge in [0.25, 0.3) is 0 Å². The van der Waals surface area contributed by atoms with Gasteiger partial charge in [0.2, 0.25) is 5.91 Å². The summed E-state index contributed by atoms with van der Waals surface area (Å²) in [5.74, 6) is 1.32. The van der Waals surface area contributed by atoms with Crippen molar-refractivity contribution in [3.8, 4) is 0 Å². The minimum Gasteiger partial charge on any atom is -0.289 e. The van der Waals surface area contributed by atoms with Gasteiger partial charge in [-0.3, -0.25) is 14.7 Å². The lowest BCUT2D eigenvalue weighted by Crippen LogP contribution is -2.33. The Morgan fingerprint density at radius 2 is 2.32 bits per heavy atom. The standard InChI is InChI=1S/C14H15ClN2OS/c15-12-3-1-2-10(8-12)9-19-14-16-6-7-17(14)13(18)11-4-5-11/h1-3,8,11H,4-7,9H2. The normalized spacial score (nSPS) is 18.6. The van der Waals surface area contributed by atoms with Crippen LogP contribution >= 0.6 is 23.4 Å². The first-order chi connectivity index (χ1) is 9.24. The van der Waals surface area contributed by atoms with Crippen LogP contribution in [0.4, 0.5) is 0 Å². The molecule has 3 rings (SSSR count). The average molecular weight is 295 g/mol. The number of aliphatic imine (C=N–C) groups is 1. The molecule has 0 saturated heterocycles. The first-order valence-corrected chi connectivity index (χ1v) is 7.83. The summed E-state index contributed by atoms with van der Waals surface area (Å²) in [6.07, 6.45) is 2.09. The maximum absolute atomic E-state index is 12.1. The molecule has 0 spiro atoms. The number of carbonyl (C=O) groups excluding carboxylic acids is 1. The van der Waals surface area contributed by atoms with Crippen LogP contribution in [0.25, 0.3) is 0 Å². The zero-order valence-electron chi connectivity index (χ0n) is 10.5. The molecule has 1 amide bonds. The number of amidine groups is 1. The van der Waals surface area contributed by atoms with Gasteiger partial charge in [-0.25, -0.2) is 0 Å². The highest BCUT2D eigenvalue weighted by Crippen LogP contribution is 2.33. The smallest absolute Gasteiger partial charge is 0.231 e. The SMILES string of the molecule is O=C(C1CC1)N1CCN=C1SCc1cccc(Cl)c1. The van der Waals surface area contributed by atoms with E-state index < -0.39 is 0 Å². The Morgan fingerprint density at radius 1 is 1.47 bits per heavy atom. The number of carbonyl (C=O) groups is 1. The summed E-state index contributed by atoms with van der Waals surface area (Å²) in [7, 11) is 0. The molecule has 1 aromatic rings. The van der Waals surface area contributed by atoms with Crippen LogP contribution in [-0.2, 0) is 10.5 Å². The molecule has 0 radical (unpaired) electrons. The minimum atomic E-state index is 0.259. The van der Waals surface area contributed by atoms with Gasteiger partial charge < -0.3 is 0 Å². The molecule has 1 fully saturated rings. The highest BCUT2D eigenvalue weighted by atomic mass is 35.5. The predicted octanol–water partition coefficient (Wildman–Crippen LogP) is 3.18. The first-order valence-electron chi connectivity index (χ1n) is 6.47. The minimum absolute atomic E-state index is 0.259. The molecule has 1 aliphatic heterocycles. The predicted molar refractivity (Wildman–Crippen MR) is 79.5 cm³/mol. The average Bonchev–Trinajstić information content (AvgIpc) is 3.14. The van der Waals surface area contributed by atoms with Crippen molar-refractivity contribution in [1.29, 1.82) is 0 Å². The second kappa shape index (κ2) is 5.55. The first kappa shape index (κ1) is 13.0. The number of hydrogen-bond acceptors (Lipinski definition) is 3. The third-order valence-electron chi connectivity index (χ3n) is 3.25. The molecule has 1 aromatic carbocycles. The van der Waals surface area contributed by atoms with E-state index in [0.29, 0.717) is 0 Å². The Morgan fingerprint density at radius 3 is 3.05 bits per heavy atom. The van der Waals surface area contributed by atoms with Crippen molar-refractivity contribution in [2.75, 3.05) is 13.1 Å². The van der Waals surface area contributed by atoms with Gasteiger partial charge in [0.15, 0.2) is 5.17 Å². The molecule has 3 nitrogen and oxygen atoms in total. The van der Waals surface area contributed by atoms with Crippen LogP contribution in [0.1, 0.15) is 18.4 Å². The van der Waals surface area contributed by atoms with Gasteiger partial charge >= 0.3 is 0 Å². The Hall–Kier alpha value is -1.00. The summed E-state index contributed by atoms with van der Waals surface area (Å²) in [5, 5.41) is 1.62. The molecular weight excluding hydrogens is 280 g/mol. The van der Waals surface area contributed by atoms with Gasteiger partial charge in [-0.1, -0.05) is 35.5 Å². The monoisotopic (exact) mass is 294 g/mol. The molecule has 19 heavy (non-hydrogen) atoms. The topological polar surface area (TPSA) is 32.7 Å². The fourth-order valence-electron chi connectivity index (χ4n) is 2.08. The lowest BCUT2D eigenvalue weighted by Gasteiger charge is -2.17. The van der Waals surface area contributed by atoms with Gasteiger partial charge in [-0.05, 0) is 30.5 Å². The zero-order chi connectivity index (χ0) is 13.2. The van der Waals surface area contributed by atoms with Crippen molar-refractivity contribution < 1.29 is 4.79 Å². The quantitative estimate of drug-likeness (QED) is 0.858. The molecule has 1 aliphatic carbocycles. The lowest BCUT2D eigenvalue weighted by atomic mass is 10.2. The van der Waals surface area contributed by atoms with Crippen molar-refractivity contribution in [2.45, 2.75) is 18.6 Å². The third kappa shape index (κ3) is 3.12. The Balaban J connectivity index is 1.61. The van der Waals surface area contributed by atoms with E-state index in [9.17, 15) is 4.79 Å². The Kier molecular flexibility index (Phi) is 3.80.